The number of methoxy groups -OCH3 is 3. The number of carbonyl (C=O) groups is 5. The molecule has 0 radical (unpaired) electrons. The van der Waals surface area contributed by atoms with Gasteiger partial charge in [0.25, 0.3) is 0 Å². The van der Waals surface area contributed by atoms with E-state index in [1.54, 1.807) is 67.5 Å². The fraction of sp³-hybridized carbons (Fsp3) is 0.792. The topological polar surface area (TPSA) is 333 Å². The first-order valence-corrected chi connectivity index (χ1v) is 27.3. The number of fused-ring (bicyclic) bond motifs is 4. The first-order valence-electron chi connectivity index (χ1n) is 27.3. The number of nitrogens with one attached hydrogen (secondary N) is 4. The Labute approximate surface area is 464 Å². The van der Waals surface area contributed by atoms with Crippen LogP contribution in [0.3, 0.4) is 0 Å². The minimum Gasteiger partial charge on any atom is -0.469 e. The quantitative estimate of drug-likeness (QED) is 0.0815. The standard InChI is InChI=1S/C53H80N6O21/c1-50(2)73-39-29(21-54)69-35(41(39)75-50)27(59-49(64)68-23-24-15-13-12-14-16-24)19-33(62)57-25(37-43-45(47(66-10)71-37)79-52(5,6)77-43)17-31(60)56-26(38-44-46(48(67-11)72-38)80-53(7,8)78-44)18-32(61)58-28(20-34(63)65-9)36-42-40(30(22-55)70-36)74-51(3,4)76-42/h12-16,25-30,35-48H,17-23,54-55H2,1-11H3,(H,56,60)(H,57,62)(H,58,61)(H,59,64)/t25-,26+,27+,28-,29+,30+,35+,36+,37+,38+,39+,40+,41-,42-,43-,44-,45-,46-,47-,48-/m0/s1. The summed E-state index contributed by atoms with van der Waals surface area (Å²) in [6.45, 7) is 13.9. The highest BCUT2D eigenvalue weighted by Crippen LogP contribution is 2.44. The molecular weight excluding hydrogens is 1060 g/mol. The normalized spacial score (nSPS) is 37.1. The lowest BCUT2D eigenvalue weighted by atomic mass is 9.96. The van der Waals surface area contributed by atoms with Crippen LogP contribution in [-0.2, 0) is 102 Å². The molecule has 8 aliphatic rings. The summed E-state index contributed by atoms with van der Waals surface area (Å²) in [6, 6.07) is 4.54. The van der Waals surface area contributed by atoms with Crippen molar-refractivity contribution < 1.29 is 99.8 Å². The number of ether oxygens (including phenoxy) is 16. The summed E-state index contributed by atoms with van der Waals surface area (Å²) in [7, 11) is 4.08. The lowest BCUT2D eigenvalue weighted by Gasteiger charge is -2.33. The maximum Gasteiger partial charge on any atom is 0.407 e. The van der Waals surface area contributed by atoms with E-state index in [-0.39, 0.29) is 26.1 Å². The van der Waals surface area contributed by atoms with Gasteiger partial charge in [-0.1, -0.05) is 30.3 Å². The maximum atomic E-state index is 15.0. The van der Waals surface area contributed by atoms with Crippen molar-refractivity contribution in [1.29, 1.82) is 0 Å². The highest BCUT2D eigenvalue weighted by molar-refractivity contribution is 5.83. The van der Waals surface area contributed by atoms with Gasteiger partial charge in [-0.05, 0) is 61.0 Å². The van der Waals surface area contributed by atoms with Crippen LogP contribution in [0, 0.1) is 0 Å². The van der Waals surface area contributed by atoms with E-state index in [0.717, 1.165) is 5.56 Å². The second kappa shape index (κ2) is 24.1. The molecule has 0 spiro atoms. The van der Waals surface area contributed by atoms with E-state index in [4.69, 9.17) is 87.3 Å². The molecule has 4 amide bonds. The van der Waals surface area contributed by atoms with Gasteiger partial charge >= 0.3 is 12.1 Å². The van der Waals surface area contributed by atoms with Gasteiger partial charge in [-0.2, -0.15) is 0 Å². The van der Waals surface area contributed by atoms with Gasteiger partial charge in [0, 0.05) is 46.6 Å². The molecule has 8 saturated heterocycles. The van der Waals surface area contributed by atoms with Gasteiger partial charge in [-0.15, -0.1) is 0 Å². The third kappa shape index (κ3) is 13.4. The molecule has 0 aliphatic carbocycles. The number of rotatable bonds is 22. The van der Waals surface area contributed by atoms with Crippen molar-refractivity contribution in [2.45, 2.75) is 233 Å². The number of nitrogens with two attached hydrogens (primary N) is 2. The minimum absolute atomic E-state index is 0.0489. The van der Waals surface area contributed by atoms with Crippen LogP contribution in [0.15, 0.2) is 30.3 Å². The van der Waals surface area contributed by atoms with E-state index in [1.165, 1.54) is 21.3 Å². The molecule has 8 fully saturated rings. The Morgan fingerprint density at radius 3 is 1.19 bits per heavy atom. The lowest BCUT2D eigenvalue weighted by molar-refractivity contribution is -0.230. The van der Waals surface area contributed by atoms with E-state index in [0.29, 0.717) is 0 Å². The van der Waals surface area contributed by atoms with Gasteiger partial charge in [-0.3, -0.25) is 19.2 Å². The van der Waals surface area contributed by atoms with E-state index in [1.807, 2.05) is 18.2 Å². The fourth-order valence-corrected chi connectivity index (χ4v) is 12.2. The molecule has 0 unspecified atom stereocenters. The third-order valence-electron chi connectivity index (χ3n) is 15.4. The molecule has 9 rings (SSSR count). The predicted molar refractivity (Wildman–Crippen MR) is 272 cm³/mol. The molecule has 27 nitrogen and oxygen atoms in total. The number of amides is 4. The Morgan fingerprint density at radius 1 is 0.475 bits per heavy atom. The molecule has 8 heterocycles. The van der Waals surface area contributed by atoms with Crippen molar-refractivity contribution in [1.82, 2.24) is 21.3 Å². The molecule has 20 atom stereocenters. The average Bonchev–Trinajstić information content (AvgIpc) is 4.34. The molecular formula is C53H80N6O21. The van der Waals surface area contributed by atoms with Gasteiger partial charge in [-0.25, -0.2) is 4.79 Å². The molecule has 0 saturated carbocycles. The average molecular weight is 1140 g/mol. The summed E-state index contributed by atoms with van der Waals surface area (Å²) in [4.78, 5) is 71.1. The van der Waals surface area contributed by atoms with Gasteiger partial charge in [0.15, 0.2) is 35.7 Å². The van der Waals surface area contributed by atoms with E-state index >= 15 is 4.79 Å². The molecule has 0 bridgehead atoms. The van der Waals surface area contributed by atoms with Crippen LogP contribution in [0.4, 0.5) is 4.79 Å². The van der Waals surface area contributed by atoms with Crippen molar-refractivity contribution in [3.63, 3.8) is 0 Å². The Hall–Kier alpha value is -4.27. The van der Waals surface area contributed by atoms with Gasteiger partial charge in [0.2, 0.25) is 17.7 Å². The SMILES string of the molecule is COC(=O)C[C@H](NC(=O)C[C@@H](NC(=O)C[C@H](NC(=O)C[C@@H](NC(=O)OCc1ccccc1)[C@H]1O[C@H](CN)[C@H]2OC(C)(C)O[C@@H]12)[C@H]1O[C@H](OC)[C@H]2OC(C)(C)O[C@H]21)[C@H]1O[C@H](OC)[C@H]2OC(C)(C)O[C@H]21)[C@H]1O[C@H](CN)[C@H]2OC(C)(C)O[C@@H]12. The van der Waals surface area contributed by atoms with E-state index in [2.05, 4.69) is 21.3 Å². The van der Waals surface area contributed by atoms with Gasteiger partial charge < -0.3 is 109 Å². The zero-order valence-corrected chi connectivity index (χ0v) is 47.1. The first-order chi connectivity index (χ1) is 37.8. The molecule has 1 aromatic rings. The smallest absolute Gasteiger partial charge is 0.407 e. The minimum atomic E-state index is -1.20. The fourth-order valence-electron chi connectivity index (χ4n) is 12.2. The predicted octanol–water partition coefficient (Wildman–Crippen LogP) is -0.256. The number of esters is 1. The summed E-state index contributed by atoms with van der Waals surface area (Å²) in [5.41, 5.74) is 13.0. The molecule has 448 valence electrons. The van der Waals surface area contributed by atoms with Crippen molar-refractivity contribution in [3.05, 3.63) is 35.9 Å². The summed E-state index contributed by atoms with van der Waals surface area (Å²) in [5.74, 6) is -6.92. The Kier molecular flexibility index (Phi) is 18.2. The van der Waals surface area contributed by atoms with Crippen molar-refractivity contribution in [2.24, 2.45) is 11.5 Å². The van der Waals surface area contributed by atoms with Gasteiger partial charge in [0.1, 0.15) is 79.9 Å². The number of carbonyl (C=O) groups excluding carboxylic acids is 5. The number of alkyl carbamates (subject to hydrolysis) is 1. The van der Waals surface area contributed by atoms with Crippen LogP contribution in [0.5, 0.6) is 0 Å². The van der Waals surface area contributed by atoms with Crippen molar-refractivity contribution >= 4 is 29.8 Å². The summed E-state index contributed by atoms with van der Waals surface area (Å²) in [6.07, 6.45) is -15.8. The van der Waals surface area contributed by atoms with Crippen LogP contribution in [0.2, 0.25) is 0 Å². The van der Waals surface area contributed by atoms with Crippen LogP contribution in [-0.4, -0.2) is 210 Å². The van der Waals surface area contributed by atoms with Crippen molar-refractivity contribution in [3.8, 4) is 0 Å². The zero-order chi connectivity index (χ0) is 57.6. The highest BCUT2D eigenvalue weighted by Gasteiger charge is 2.62. The highest BCUT2D eigenvalue weighted by atomic mass is 16.8. The second-order valence-corrected chi connectivity index (χ2v) is 23.1. The van der Waals surface area contributed by atoms with E-state index in [9.17, 15) is 19.2 Å². The Balaban J connectivity index is 0.986. The largest absolute Gasteiger partial charge is 0.469 e. The third-order valence-corrected chi connectivity index (χ3v) is 15.4. The molecule has 80 heavy (non-hydrogen) atoms. The van der Waals surface area contributed by atoms with Gasteiger partial charge in [0.05, 0.1) is 49.9 Å². The van der Waals surface area contributed by atoms with Crippen LogP contribution < -0.4 is 32.7 Å². The van der Waals surface area contributed by atoms with Crippen LogP contribution >= 0.6 is 0 Å². The Bertz CT molecular complexity index is 2370. The molecule has 0 aromatic heterocycles. The Morgan fingerprint density at radius 2 is 0.812 bits per heavy atom. The van der Waals surface area contributed by atoms with E-state index < -0.39 is 194 Å². The van der Waals surface area contributed by atoms with Crippen molar-refractivity contribution in [2.75, 3.05) is 34.4 Å². The number of benzene rings is 1. The first kappa shape index (κ1) is 60.3. The summed E-state index contributed by atoms with van der Waals surface area (Å²) < 4.78 is 97.6. The monoisotopic (exact) mass is 1140 g/mol. The number of hydrogen-bond acceptors (Lipinski definition) is 23. The summed E-state index contributed by atoms with van der Waals surface area (Å²) >= 11 is 0. The maximum absolute atomic E-state index is 15.0. The van der Waals surface area contributed by atoms with Crippen LogP contribution in [0.25, 0.3) is 0 Å². The van der Waals surface area contributed by atoms with Crippen LogP contribution in [0.1, 0.15) is 86.6 Å². The second-order valence-electron chi connectivity index (χ2n) is 23.1. The summed E-state index contributed by atoms with van der Waals surface area (Å²) in [5, 5.41) is 11.8. The molecule has 27 heteroatoms. The molecule has 8 aliphatic heterocycles. The zero-order valence-electron chi connectivity index (χ0n) is 47.1. The number of hydrogen-bond donors (Lipinski definition) is 6. The molecule has 8 N–H and O–H groups in total. The lowest BCUT2D eigenvalue weighted by Crippen LogP contribution is -2.56. The molecule has 1 aromatic carbocycles.